The van der Waals surface area contributed by atoms with Crippen molar-refractivity contribution in [2.45, 2.75) is 26.8 Å². The molecule has 0 radical (unpaired) electrons. The topological polar surface area (TPSA) is 50.4 Å². The minimum atomic E-state index is -0.368. The highest BCUT2D eigenvalue weighted by molar-refractivity contribution is 7.80. The lowest BCUT2D eigenvalue weighted by Crippen LogP contribution is -2.33. The SMILES string of the molecule is COC(=O)c1cccc(NC(=S)N[C@@H](c2ccccc2)c2ccc(C)cc2C)c1C. The predicted molar refractivity (Wildman–Crippen MR) is 126 cm³/mol. The Labute approximate surface area is 183 Å². The Kier molecular flexibility index (Phi) is 6.85. The van der Waals surface area contributed by atoms with Crippen molar-refractivity contribution in [1.82, 2.24) is 5.32 Å². The molecule has 0 unspecified atom stereocenters. The molecule has 3 aromatic rings. The Bertz CT molecular complexity index is 1060. The Morgan fingerprint density at radius 2 is 1.70 bits per heavy atom. The molecular weight excluding hydrogens is 392 g/mol. The van der Waals surface area contributed by atoms with Crippen molar-refractivity contribution in [2.75, 3.05) is 12.4 Å². The van der Waals surface area contributed by atoms with Gasteiger partial charge in [0.25, 0.3) is 0 Å². The largest absolute Gasteiger partial charge is 0.465 e. The smallest absolute Gasteiger partial charge is 0.338 e. The minimum Gasteiger partial charge on any atom is -0.465 e. The lowest BCUT2D eigenvalue weighted by atomic mass is 9.94. The average molecular weight is 419 g/mol. The Morgan fingerprint density at radius 1 is 0.967 bits per heavy atom. The van der Waals surface area contributed by atoms with Crippen LogP contribution in [0, 0.1) is 20.8 Å². The molecule has 4 nitrogen and oxygen atoms in total. The number of carbonyl (C=O) groups excluding carboxylic acids is 1. The van der Waals surface area contributed by atoms with Crippen molar-refractivity contribution in [3.63, 3.8) is 0 Å². The summed E-state index contributed by atoms with van der Waals surface area (Å²) in [5.74, 6) is -0.368. The Morgan fingerprint density at radius 3 is 2.37 bits per heavy atom. The van der Waals surface area contributed by atoms with Crippen LogP contribution >= 0.6 is 12.2 Å². The van der Waals surface area contributed by atoms with E-state index in [2.05, 4.69) is 54.8 Å². The second kappa shape index (κ2) is 9.55. The lowest BCUT2D eigenvalue weighted by Gasteiger charge is -2.24. The third-order valence-corrected chi connectivity index (χ3v) is 5.35. The standard InChI is InChI=1S/C25H26N2O2S/c1-16-13-14-20(17(2)15-16)23(19-9-6-5-7-10-19)27-25(30)26-22-12-8-11-21(18(22)3)24(28)29-4/h5-15,23H,1-4H3,(H2,26,27,30)/t23-/m0/s1. The van der Waals surface area contributed by atoms with E-state index in [1.54, 1.807) is 6.07 Å². The van der Waals surface area contributed by atoms with E-state index in [1.165, 1.54) is 18.2 Å². The monoisotopic (exact) mass is 418 g/mol. The third-order valence-electron chi connectivity index (χ3n) is 5.13. The van der Waals surface area contributed by atoms with Crippen LogP contribution in [0.5, 0.6) is 0 Å². The molecule has 0 spiro atoms. The van der Waals surface area contributed by atoms with Crippen molar-refractivity contribution in [3.05, 3.63) is 100 Å². The number of ether oxygens (including phenoxy) is 1. The van der Waals surface area contributed by atoms with E-state index in [0.717, 1.165) is 22.4 Å². The highest BCUT2D eigenvalue weighted by atomic mass is 32.1. The van der Waals surface area contributed by atoms with E-state index < -0.39 is 0 Å². The fourth-order valence-corrected chi connectivity index (χ4v) is 3.76. The van der Waals surface area contributed by atoms with Crippen LogP contribution in [-0.2, 0) is 4.74 Å². The molecule has 3 rings (SSSR count). The van der Waals surface area contributed by atoms with Gasteiger partial charge in [-0.05, 0) is 67.4 Å². The van der Waals surface area contributed by atoms with E-state index in [9.17, 15) is 4.79 Å². The van der Waals surface area contributed by atoms with Crippen LogP contribution in [-0.4, -0.2) is 18.2 Å². The summed E-state index contributed by atoms with van der Waals surface area (Å²) in [5.41, 5.74) is 6.77. The predicted octanol–water partition coefficient (Wildman–Crippen LogP) is 5.47. The minimum absolute atomic E-state index is 0.101. The van der Waals surface area contributed by atoms with Crippen molar-refractivity contribution >= 4 is 29.0 Å². The third kappa shape index (κ3) is 4.86. The summed E-state index contributed by atoms with van der Waals surface area (Å²) in [5, 5.41) is 7.18. The molecule has 0 aliphatic heterocycles. The number of benzene rings is 3. The molecule has 0 fully saturated rings. The number of aryl methyl sites for hydroxylation is 2. The average Bonchev–Trinajstić information content (AvgIpc) is 2.74. The van der Waals surface area contributed by atoms with Crippen molar-refractivity contribution in [2.24, 2.45) is 0 Å². The van der Waals surface area contributed by atoms with E-state index in [-0.39, 0.29) is 12.0 Å². The number of rotatable bonds is 5. The van der Waals surface area contributed by atoms with Gasteiger partial charge in [-0.3, -0.25) is 0 Å². The number of hydrogen-bond acceptors (Lipinski definition) is 3. The second-order valence-corrected chi connectivity index (χ2v) is 7.68. The number of methoxy groups -OCH3 is 1. The molecule has 1 atom stereocenters. The second-order valence-electron chi connectivity index (χ2n) is 7.27. The lowest BCUT2D eigenvalue weighted by molar-refractivity contribution is 0.0600. The summed E-state index contributed by atoms with van der Waals surface area (Å²) in [6, 6.07) is 22.0. The number of hydrogen-bond donors (Lipinski definition) is 2. The van der Waals surface area contributed by atoms with Crippen LogP contribution in [0.3, 0.4) is 0 Å². The van der Waals surface area contributed by atoms with Gasteiger partial charge >= 0.3 is 5.97 Å². The molecule has 0 amide bonds. The quantitative estimate of drug-likeness (QED) is 0.425. The molecule has 0 aliphatic rings. The fourth-order valence-electron chi connectivity index (χ4n) is 3.53. The summed E-state index contributed by atoms with van der Waals surface area (Å²) in [6.07, 6.45) is 0. The van der Waals surface area contributed by atoms with Crippen molar-refractivity contribution in [3.8, 4) is 0 Å². The van der Waals surface area contributed by atoms with Crippen LogP contribution in [0.1, 0.15) is 44.2 Å². The van der Waals surface area contributed by atoms with Crippen LogP contribution in [0.4, 0.5) is 5.69 Å². The highest BCUT2D eigenvalue weighted by Gasteiger charge is 2.18. The van der Waals surface area contributed by atoms with Gasteiger partial charge in [-0.1, -0.05) is 60.2 Å². The summed E-state index contributed by atoms with van der Waals surface area (Å²) < 4.78 is 4.86. The zero-order chi connectivity index (χ0) is 21.7. The van der Waals surface area contributed by atoms with E-state index in [4.69, 9.17) is 17.0 Å². The molecule has 2 N–H and O–H groups in total. The molecular formula is C25H26N2O2S. The van der Waals surface area contributed by atoms with E-state index in [1.807, 2.05) is 37.3 Å². The van der Waals surface area contributed by atoms with E-state index >= 15 is 0 Å². The first kappa shape index (κ1) is 21.5. The van der Waals surface area contributed by atoms with Gasteiger partial charge in [0.05, 0.1) is 18.7 Å². The number of thiocarbonyl (C=S) groups is 1. The summed E-state index contributed by atoms with van der Waals surface area (Å²) in [7, 11) is 1.38. The normalized spacial score (nSPS) is 11.5. The van der Waals surface area contributed by atoms with Gasteiger partial charge in [-0.15, -0.1) is 0 Å². The van der Waals surface area contributed by atoms with Gasteiger partial charge in [-0.2, -0.15) is 0 Å². The molecule has 154 valence electrons. The molecule has 0 aliphatic carbocycles. The van der Waals surface area contributed by atoms with Gasteiger partial charge < -0.3 is 15.4 Å². The first-order valence-corrected chi connectivity index (χ1v) is 10.2. The summed E-state index contributed by atoms with van der Waals surface area (Å²) in [6.45, 7) is 6.07. The highest BCUT2D eigenvalue weighted by Crippen LogP contribution is 2.26. The maximum absolute atomic E-state index is 12.0. The molecule has 0 saturated heterocycles. The van der Waals surface area contributed by atoms with Gasteiger partial charge in [0.1, 0.15) is 0 Å². The van der Waals surface area contributed by atoms with Crippen LogP contribution in [0.2, 0.25) is 0 Å². The van der Waals surface area contributed by atoms with Crippen LogP contribution in [0.15, 0.2) is 66.7 Å². The summed E-state index contributed by atoms with van der Waals surface area (Å²) >= 11 is 5.64. The zero-order valence-electron chi connectivity index (χ0n) is 17.7. The molecule has 3 aromatic carbocycles. The first-order chi connectivity index (χ1) is 14.4. The first-order valence-electron chi connectivity index (χ1n) is 9.78. The van der Waals surface area contributed by atoms with Gasteiger partial charge in [0.2, 0.25) is 0 Å². The molecule has 0 aromatic heterocycles. The number of nitrogens with one attached hydrogen (secondary N) is 2. The van der Waals surface area contributed by atoms with Crippen LogP contribution < -0.4 is 10.6 Å². The molecule has 0 bridgehead atoms. The number of carbonyl (C=O) groups is 1. The maximum atomic E-state index is 12.0. The fraction of sp³-hybridized carbons (Fsp3) is 0.200. The zero-order valence-corrected chi connectivity index (χ0v) is 18.5. The molecule has 30 heavy (non-hydrogen) atoms. The molecule has 5 heteroatoms. The molecule has 0 saturated carbocycles. The Hall–Kier alpha value is -3.18. The van der Waals surface area contributed by atoms with E-state index in [0.29, 0.717) is 10.7 Å². The van der Waals surface area contributed by atoms with Crippen molar-refractivity contribution in [1.29, 1.82) is 0 Å². The van der Waals surface area contributed by atoms with Gasteiger partial charge in [0, 0.05) is 5.69 Å². The Balaban J connectivity index is 1.89. The van der Waals surface area contributed by atoms with Gasteiger partial charge in [0.15, 0.2) is 5.11 Å². The number of anilines is 1. The van der Waals surface area contributed by atoms with Crippen molar-refractivity contribution < 1.29 is 9.53 Å². The summed E-state index contributed by atoms with van der Waals surface area (Å²) in [4.78, 5) is 12.0. The number of esters is 1. The molecule has 0 heterocycles. The maximum Gasteiger partial charge on any atom is 0.338 e. The van der Waals surface area contributed by atoms with Gasteiger partial charge in [-0.25, -0.2) is 4.79 Å². The van der Waals surface area contributed by atoms with Crippen LogP contribution in [0.25, 0.3) is 0 Å².